The number of hydrogen-bond donors (Lipinski definition) is 1. The number of rotatable bonds is 11. The molecule has 0 bridgehead atoms. The number of carbonyl (C=O) groups excluding carboxylic acids is 1. The van der Waals surface area contributed by atoms with Crippen LogP contribution in [0.3, 0.4) is 0 Å². The Labute approximate surface area is 197 Å². The monoisotopic (exact) mass is 466 g/mol. The lowest BCUT2D eigenvalue weighted by molar-refractivity contribution is 0.0946. The highest BCUT2D eigenvalue weighted by atomic mass is 32.2. The van der Waals surface area contributed by atoms with Gasteiger partial charge >= 0.3 is 0 Å². The van der Waals surface area contributed by atoms with Gasteiger partial charge in [-0.3, -0.25) is 9.10 Å². The molecule has 1 unspecified atom stereocenters. The molecular weight excluding hydrogens is 432 g/mol. The van der Waals surface area contributed by atoms with E-state index in [1.807, 2.05) is 54.6 Å². The Balaban J connectivity index is 1.74. The molecule has 33 heavy (non-hydrogen) atoms. The predicted molar refractivity (Wildman–Crippen MR) is 137 cm³/mol. The molecule has 5 nitrogen and oxygen atoms in total. The molecule has 1 amide bonds. The third-order valence-electron chi connectivity index (χ3n) is 6.07. The SMILES string of the molecule is CCCCC(CC)CNC(=O)c1ccc(CN(c2cccc3ccccc23)S(C)(=O)=O)cc1. The van der Waals surface area contributed by atoms with Crippen LogP contribution in [0.4, 0.5) is 5.69 Å². The van der Waals surface area contributed by atoms with Gasteiger partial charge in [0.25, 0.3) is 5.91 Å². The van der Waals surface area contributed by atoms with Crippen LogP contribution in [0.2, 0.25) is 0 Å². The fraction of sp³-hybridized carbons (Fsp3) is 0.370. The zero-order chi connectivity index (χ0) is 23.8. The first-order valence-electron chi connectivity index (χ1n) is 11.7. The maximum atomic E-state index is 12.7. The Bertz CT molecular complexity index is 1170. The molecule has 0 aliphatic carbocycles. The third kappa shape index (κ3) is 6.57. The summed E-state index contributed by atoms with van der Waals surface area (Å²) >= 11 is 0. The topological polar surface area (TPSA) is 66.5 Å². The maximum absolute atomic E-state index is 12.7. The summed E-state index contributed by atoms with van der Waals surface area (Å²) in [5.41, 5.74) is 2.05. The highest BCUT2D eigenvalue weighted by Gasteiger charge is 2.20. The molecule has 1 N–H and O–H groups in total. The number of nitrogens with zero attached hydrogens (tertiary/aromatic N) is 1. The van der Waals surface area contributed by atoms with Crippen LogP contribution in [-0.4, -0.2) is 27.1 Å². The van der Waals surface area contributed by atoms with E-state index in [1.54, 1.807) is 12.1 Å². The maximum Gasteiger partial charge on any atom is 0.251 e. The molecule has 1 atom stereocenters. The zero-order valence-electron chi connectivity index (χ0n) is 19.8. The van der Waals surface area contributed by atoms with E-state index < -0.39 is 10.0 Å². The molecule has 0 aliphatic rings. The Morgan fingerprint density at radius 1 is 0.970 bits per heavy atom. The molecule has 3 aromatic carbocycles. The van der Waals surface area contributed by atoms with E-state index >= 15 is 0 Å². The van der Waals surface area contributed by atoms with Crippen molar-refractivity contribution in [3.63, 3.8) is 0 Å². The van der Waals surface area contributed by atoms with Gasteiger partial charge in [-0.15, -0.1) is 0 Å². The van der Waals surface area contributed by atoms with Crippen molar-refractivity contribution in [3.8, 4) is 0 Å². The van der Waals surface area contributed by atoms with Crippen LogP contribution in [0.15, 0.2) is 66.7 Å². The number of sulfonamides is 1. The van der Waals surface area contributed by atoms with Gasteiger partial charge in [0.05, 0.1) is 18.5 Å². The largest absolute Gasteiger partial charge is 0.352 e. The number of hydrogen-bond acceptors (Lipinski definition) is 3. The zero-order valence-corrected chi connectivity index (χ0v) is 20.6. The fourth-order valence-corrected chi connectivity index (χ4v) is 4.92. The van der Waals surface area contributed by atoms with Gasteiger partial charge in [0.1, 0.15) is 0 Å². The molecule has 0 saturated carbocycles. The highest BCUT2D eigenvalue weighted by molar-refractivity contribution is 7.92. The molecule has 0 spiro atoms. The quantitative estimate of drug-likeness (QED) is 0.391. The number of carbonyl (C=O) groups is 1. The average Bonchev–Trinajstić information content (AvgIpc) is 2.82. The van der Waals surface area contributed by atoms with Gasteiger partial charge in [0, 0.05) is 17.5 Å². The van der Waals surface area contributed by atoms with E-state index in [2.05, 4.69) is 19.2 Å². The lowest BCUT2D eigenvalue weighted by atomic mass is 9.99. The minimum Gasteiger partial charge on any atom is -0.352 e. The van der Waals surface area contributed by atoms with Crippen LogP contribution >= 0.6 is 0 Å². The molecular formula is C27H34N2O3S. The molecule has 3 rings (SSSR count). The predicted octanol–water partition coefficient (Wildman–Crippen LogP) is 5.75. The Hall–Kier alpha value is -2.86. The van der Waals surface area contributed by atoms with Crippen LogP contribution in [0.1, 0.15) is 55.5 Å². The van der Waals surface area contributed by atoms with Gasteiger partial charge in [-0.25, -0.2) is 8.42 Å². The number of anilines is 1. The number of amides is 1. The summed E-state index contributed by atoms with van der Waals surface area (Å²) in [6.07, 6.45) is 5.74. The fourth-order valence-electron chi connectivity index (χ4n) is 4.02. The first kappa shape index (κ1) is 24.8. The number of fused-ring (bicyclic) bond motifs is 1. The van der Waals surface area contributed by atoms with Gasteiger partial charge < -0.3 is 5.32 Å². The van der Waals surface area contributed by atoms with E-state index in [0.29, 0.717) is 23.7 Å². The number of unbranched alkanes of at least 4 members (excludes halogenated alkanes) is 1. The second-order valence-corrected chi connectivity index (χ2v) is 10.5. The van der Waals surface area contributed by atoms with E-state index in [0.717, 1.165) is 35.6 Å². The number of benzene rings is 3. The summed E-state index contributed by atoms with van der Waals surface area (Å²) < 4.78 is 26.8. The number of nitrogens with one attached hydrogen (secondary N) is 1. The van der Waals surface area contributed by atoms with Crippen molar-refractivity contribution in [1.82, 2.24) is 5.32 Å². The van der Waals surface area contributed by atoms with E-state index in [-0.39, 0.29) is 12.5 Å². The van der Waals surface area contributed by atoms with Gasteiger partial charge in [-0.1, -0.05) is 81.6 Å². The average molecular weight is 467 g/mol. The molecule has 0 radical (unpaired) electrons. The van der Waals surface area contributed by atoms with Crippen LogP contribution < -0.4 is 9.62 Å². The smallest absolute Gasteiger partial charge is 0.251 e. The summed E-state index contributed by atoms with van der Waals surface area (Å²) in [5, 5.41) is 4.91. The van der Waals surface area contributed by atoms with Crippen LogP contribution in [0.25, 0.3) is 10.8 Å². The summed E-state index contributed by atoms with van der Waals surface area (Å²) in [6, 6.07) is 20.6. The summed E-state index contributed by atoms with van der Waals surface area (Å²) in [6.45, 7) is 5.21. The third-order valence-corrected chi connectivity index (χ3v) is 7.20. The van der Waals surface area contributed by atoms with Crippen LogP contribution in [0.5, 0.6) is 0 Å². The summed E-state index contributed by atoms with van der Waals surface area (Å²) in [5.74, 6) is 0.405. The molecule has 0 aliphatic heterocycles. The first-order valence-corrected chi connectivity index (χ1v) is 13.5. The normalized spacial score (nSPS) is 12.5. The minimum absolute atomic E-state index is 0.0921. The second kappa shape index (κ2) is 11.3. The lowest BCUT2D eigenvalue weighted by Crippen LogP contribution is -2.30. The molecule has 176 valence electrons. The summed E-state index contributed by atoms with van der Waals surface area (Å²) in [7, 11) is -3.51. The Kier molecular flexibility index (Phi) is 8.50. The van der Waals surface area contributed by atoms with Crippen molar-refractivity contribution in [3.05, 3.63) is 77.9 Å². The Morgan fingerprint density at radius 2 is 1.67 bits per heavy atom. The first-order chi connectivity index (χ1) is 15.8. The van der Waals surface area contributed by atoms with Gasteiger partial charge in [0.15, 0.2) is 0 Å². The van der Waals surface area contributed by atoms with Crippen LogP contribution in [-0.2, 0) is 16.6 Å². The van der Waals surface area contributed by atoms with Crippen molar-refractivity contribution >= 4 is 32.4 Å². The van der Waals surface area contributed by atoms with Crippen LogP contribution in [0, 0.1) is 5.92 Å². The van der Waals surface area contributed by atoms with Gasteiger partial charge in [-0.2, -0.15) is 0 Å². The second-order valence-electron chi connectivity index (χ2n) is 8.59. The van der Waals surface area contributed by atoms with Crippen molar-refractivity contribution in [2.45, 2.75) is 46.1 Å². The molecule has 0 saturated heterocycles. The van der Waals surface area contributed by atoms with Crippen molar-refractivity contribution in [1.29, 1.82) is 0 Å². The van der Waals surface area contributed by atoms with Gasteiger partial charge in [0.2, 0.25) is 10.0 Å². The highest BCUT2D eigenvalue weighted by Crippen LogP contribution is 2.29. The van der Waals surface area contributed by atoms with E-state index in [1.165, 1.54) is 17.0 Å². The van der Waals surface area contributed by atoms with Crippen molar-refractivity contribution in [2.75, 3.05) is 17.1 Å². The molecule has 0 aromatic heterocycles. The molecule has 6 heteroatoms. The minimum atomic E-state index is -3.51. The van der Waals surface area contributed by atoms with E-state index in [4.69, 9.17) is 0 Å². The Morgan fingerprint density at radius 3 is 2.33 bits per heavy atom. The lowest BCUT2D eigenvalue weighted by Gasteiger charge is -2.24. The van der Waals surface area contributed by atoms with Crippen molar-refractivity contribution < 1.29 is 13.2 Å². The molecule has 0 heterocycles. The van der Waals surface area contributed by atoms with Gasteiger partial charge in [-0.05, 0) is 41.5 Å². The molecule has 3 aromatic rings. The van der Waals surface area contributed by atoms with Crippen molar-refractivity contribution in [2.24, 2.45) is 5.92 Å². The standard InChI is InChI=1S/C27H34N2O3S/c1-4-6-10-21(5-2)19-28-27(30)24-17-15-22(16-18-24)20-29(33(3,31)32)26-14-9-12-23-11-7-8-13-25(23)26/h7-9,11-18,21H,4-6,10,19-20H2,1-3H3,(H,28,30). The molecule has 0 fully saturated rings. The summed E-state index contributed by atoms with van der Waals surface area (Å²) in [4.78, 5) is 12.6. The van der Waals surface area contributed by atoms with E-state index in [9.17, 15) is 13.2 Å².